The van der Waals surface area contributed by atoms with Crippen LogP contribution in [0.1, 0.15) is 108 Å². The highest BCUT2D eigenvalue weighted by Gasteiger charge is 2.36. The minimum atomic E-state index is -1.18. The van der Waals surface area contributed by atoms with Crippen LogP contribution in [0.3, 0.4) is 0 Å². The minimum Gasteiger partial charge on any atom is -0.479 e. The molecule has 1 N–H and O–H groups in total. The van der Waals surface area contributed by atoms with E-state index in [1.807, 2.05) is 12.1 Å². The van der Waals surface area contributed by atoms with E-state index >= 15 is 0 Å². The summed E-state index contributed by atoms with van der Waals surface area (Å²) in [6.45, 7) is 12.2. The standard InChI is InChI=1S/C29H37NO5.C17H16INO/c1-18(2)25-24(30-27(35-25)23-14-13-20-10-6-7-11-21(20)16-23)26(33-5)22-12-8-9-19(15-22)17-34-29(3,4)28(31)32;1-11(2)16-15(10-18)19-17(20-16)14-8-7-12-5-3-4-6-13(12)9-14/h6-7,10-11,13-14,16,18-19,22,26H,8-9,12,15,17H2,1-5H3,(H,31,32);3-9,11H,10H2,1-2H3/t19-,22+,26?;/m1./s1. The summed E-state index contributed by atoms with van der Waals surface area (Å²) in [6, 6.07) is 29.2. The molecule has 2 aromatic heterocycles. The molecule has 1 unspecified atom stereocenters. The second kappa shape index (κ2) is 17.8. The van der Waals surface area contributed by atoms with Crippen molar-refractivity contribution in [3.05, 3.63) is 108 Å². The second-order valence-corrected chi connectivity index (χ2v) is 16.5. The number of halogens is 1. The van der Waals surface area contributed by atoms with Gasteiger partial charge in [0.15, 0.2) is 5.60 Å². The highest BCUT2D eigenvalue weighted by atomic mass is 127. The Morgan fingerprint density at radius 1 is 0.818 bits per heavy atom. The van der Waals surface area contributed by atoms with Crippen molar-refractivity contribution in [2.45, 2.75) is 95.2 Å². The Morgan fingerprint density at radius 2 is 1.36 bits per heavy atom. The van der Waals surface area contributed by atoms with Gasteiger partial charge in [0, 0.05) is 34.5 Å². The first-order chi connectivity index (χ1) is 26.4. The molecule has 0 spiro atoms. The lowest BCUT2D eigenvalue weighted by molar-refractivity contribution is -0.163. The number of carboxylic acid groups (broad SMARTS) is 1. The summed E-state index contributed by atoms with van der Waals surface area (Å²) < 4.78 is 25.1. The van der Waals surface area contributed by atoms with Crippen molar-refractivity contribution in [2.24, 2.45) is 11.8 Å². The van der Waals surface area contributed by atoms with Crippen molar-refractivity contribution in [1.82, 2.24) is 9.97 Å². The van der Waals surface area contributed by atoms with Crippen LogP contribution in [0.2, 0.25) is 0 Å². The molecule has 1 aliphatic carbocycles. The smallest absolute Gasteiger partial charge is 0.335 e. The Morgan fingerprint density at radius 3 is 1.87 bits per heavy atom. The van der Waals surface area contributed by atoms with Gasteiger partial charge in [0.25, 0.3) is 0 Å². The van der Waals surface area contributed by atoms with E-state index in [-0.39, 0.29) is 17.9 Å². The molecule has 55 heavy (non-hydrogen) atoms. The zero-order valence-electron chi connectivity index (χ0n) is 33.0. The third kappa shape index (κ3) is 9.50. The number of nitrogens with zero attached hydrogens (tertiary/aromatic N) is 2. The molecule has 1 aliphatic rings. The van der Waals surface area contributed by atoms with Crippen LogP contribution in [0.5, 0.6) is 0 Å². The van der Waals surface area contributed by atoms with Crippen molar-refractivity contribution < 1.29 is 28.2 Å². The van der Waals surface area contributed by atoms with Crippen molar-refractivity contribution in [2.75, 3.05) is 13.7 Å². The summed E-state index contributed by atoms with van der Waals surface area (Å²) in [5.41, 5.74) is 2.75. The number of rotatable bonds is 12. The topological polar surface area (TPSA) is 108 Å². The van der Waals surface area contributed by atoms with Gasteiger partial charge in [-0.2, -0.15) is 0 Å². The van der Waals surface area contributed by atoms with Gasteiger partial charge in [-0.25, -0.2) is 14.8 Å². The van der Waals surface area contributed by atoms with Gasteiger partial charge in [0.2, 0.25) is 11.8 Å². The fourth-order valence-electron chi connectivity index (χ4n) is 7.44. The van der Waals surface area contributed by atoms with E-state index in [1.165, 1.54) is 16.2 Å². The van der Waals surface area contributed by atoms with Gasteiger partial charge in [0.05, 0.1) is 12.3 Å². The van der Waals surface area contributed by atoms with Crippen LogP contribution in [0.4, 0.5) is 0 Å². The van der Waals surface area contributed by atoms with Gasteiger partial charge in [0.1, 0.15) is 23.3 Å². The number of ether oxygens (including phenoxy) is 2. The summed E-state index contributed by atoms with van der Waals surface area (Å²) >= 11 is 2.34. The molecule has 0 radical (unpaired) electrons. The molecular formula is C46H53IN2O6. The molecule has 7 rings (SSSR count). The molecule has 4 aromatic carbocycles. The molecule has 3 atom stereocenters. The molecular weight excluding hydrogens is 803 g/mol. The van der Waals surface area contributed by atoms with E-state index in [1.54, 1.807) is 21.0 Å². The maximum Gasteiger partial charge on any atom is 0.335 e. The number of benzene rings is 4. The third-order valence-corrected chi connectivity index (χ3v) is 11.3. The number of aromatic nitrogens is 2. The lowest BCUT2D eigenvalue weighted by atomic mass is 9.77. The minimum absolute atomic E-state index is 0.170. The molecule has 6 aromatic rings. The van der Waals surface area contributed by atoms with Crippen LogP contribution < -0.4 is 0 Å². The van der Waals surface area contributed by atoms with Gasteiger partial charge < -0.3 is 23.4 Å². The van der Waals surface area contributed by atoms with Crippen molar-refractivity contribution in [3.8, 4) is 22.9 Å². The summed E-state index contributed by atoms with van der Waals surface area (Å²) in [5.74, 6) is 3.37. The number of carbonyl (C=O) groups is 1. The highest BCUT2D eigenvalue weighted by molar-refractivity contribution is 14.1. The van der Waals surface area contributed by atoms with Crippen molar-refractivity contribution in [1.29, 1.82) is 0 Å². The van der Waals surface area contributed by atoms with Crippen LogP contribution in [0.15, 0.2) is 93.8 Å². The number of fused-ring (bicyclic) bond motifs is 2. The largest absolute Gasteiger partial charge is 0.479 e. The van der Waals surface area contributed by atoms with Crippen LogP contribution in [0, 0.1) is 11.8 Å². The number of alkyl halides is 1. The van der Waals surface area contributed by atoms with Gasteiger partial charge in [-0.1, -0.05) is 117 Å². The molecule has 0 amide bonds. The number of carboxylic acids is 1. The first-order valence-corrected chi connectivity index (χ1v) is 20.9. The van der Waals surface area contributed by atoms with Gasteiger partial charge in [-0.05, 0) is 90.8 Å². The summed E-state index contributed by atoms with van der Waals surface area (Å²) in [6.07, 6.45) is 3.84. The lowest BCUT2D eigenvalue weighted by Crippen LogP contribution is -2.37. The Hall–Kier alpha value is -4.06. The molecule has 1 saturated carbocycles. The maximum absolute atomic E-state index is 11.4. The lowest BCUT2D eigenvalue weighted by Gasteiger charge is -2.34. The van der Waals surface area contributed by atoms with E-state index in [4.69, 9.17) is 23.3 Å². The first kappa shape index (κ1) is 40.6. The number of aliphatic carboxylic acids is 1. The predicted octanol–water partition coefficient (Wildman–Crippen LogP) is 12.5. The molecule has 1 fully saturated rings. The summed E-state index contributed by atoms with van der Waals surface area (Å²) in [4.78, 5) is 21.1. The van der Waals surface area contributed by atoms with E-state index in [0.29, 0.717) is 24.3 Å². The number of methoxy groups -OCH3 is 1. The molecule has 0 saturated heterocycles. The van der Waals surface area contributed by atoms with Crippen LogP contribution in [0.25, 0.3) is 44.5 Å². The third-order valence-electron chi connectivity index (χ3n) is 10.5. The number of oxazole rings is 2. The first-order valence-electron chi connectivity index (χ1n) is 19.3. The van der Waals surface area contributed by atoms with Crippen molar-refractivity contribution >= 4 is 50.1 Å². The fourth-order valence-corrected chi connectivity index (χ4v) is 7.98. The van der Waals surface area contributed by atoms with E-state index in [2.05, 4.69) is 128 Å². The van der Waals surface area contributed by atoms with Crippen molar-refractivity contribution in [3.63, 3.8) is 0 Å². The molecule has 9 heteroatoms. The fraction of sp³-hybridized carbons (Fsp3) is 0.413. The predicted molar refractivity (Wildman–Crippen MR) is 228 cm³/mol. The average Bonchev–Trinajstić information content (AvgIpc) is 3.84. The van der Waals surface area contributed by atoms with Gasteiger partial charge in [-0.3, -0.25) is 0 Å². The monoisotopic (exact) mass is 856 g/mol. The average molecular weight is 857 g/mol. The van der Waals surface area contributed by atoms with E-state index < -0.39 is 11.6 Å². The SMILES string of the molecule is CC(C)c1oc(-c2ccc3ccccc3c2)nc1CI.COC(c1nc(-c2ccc3ccccc3c2)oc1C(C)C)[C@H]1CCC[C@@H](COC(C)(C)C(=O)O)C1. The normalized spacial score (nSPS) is 16.8. The quantitative estimate of drug-likeness (QED) is 0.0958. The second-order valence-electron chi connectivity index (χ2n) is 15.7. The molecule has 2 heterocycles. The zero-order chi connectivity index (χ0) is 39.3. The van der Waals surface area contributed by atoms with Crippen LogP contribution >= 0.6 is 22.6 Å². The molecule has 0 aliphatic heterocycles. The summed E-state index contributed by atoms with van der Waals surface area (Å²) in [7, 11) is 1.74. The Kier molecular flexibility index (Phi) is 13.2. The maximum atomic E-state index is 11.4. The molecule has 8 nitrogen and oxygen atoms in total. The highest BCUT2D eigenvalue weighted by Crippen LogP contribution is 2.43. The van der Waals surface area contributed by atoms with Gasteiger partial charge >= 0.3 is 5.97 Å². The Labute approximate surface area is 338 Å². The molecule has 0 bridgehead atoms. The van der Waals surface area contributed by atoms with E-state index in [0.717, 1.165) is 75.4 Å². The Balaban J connectivity index is 0.000000217. The van der Waals surface area contributed by atoms with Crippen LogP contribution in [-0.4, -0.2) is 40.4 Å². The summed E-state index contributed by atoms with van der Waals surface area (Å²) in [5, 5.41) is 14.2. The van der Waals surface area contributed by atoms with Gasteiger partial charge in [-0.15, -0.1) is 0 Å². The van der Waals surface area contributed by atoms with Crippen LogP contribution in [-0.2, 0) is 18.7 Å². The number of hydrogen-bond acceptors (Lipinski definition) is 7. The Bertz CT molecular complexity index is 2220. The zero-order valence-corrected chi connectivity index (χ0v) is 35.1. The number of hydrogen-bond donors (Lipinski definition) is 1. The van der Waals surface area contributed by atoms with E-state index in [9.17, 15) is 9.90 Å². The molecule has 290 valence electrons.